The molecule has 206 valence electrons. The fourth-order valence-electron chi connectivity index (χ4n) is 4.54. The van der Waals surface area contributed by atoms with Gasteiger partial charge in [-0.2, -0.15) is 0 Å². The number of sulfone groups is 1. The lowest BCUT2D eigenvalue weighted by Crippen LogP contribution is -2.71. The molecule has 0 aliphatic carbocycles. The number of β-lactam (4-membered cyclic amide) rings is 1. The van der Waals surface area contributed by atoms with Crippen LogP contribution in [-0.4, -0.2) is 76.1 Å². The van der Waals surface area contributed by atoms with Gasteiger partial charge in [0, 0.05) is 4.75 Å². The lowest BCUT2D eigenvalue weighted by Gasteiger charge is -2.44. The van der Waals surface area contributed by atoms with Crippen molar-refractivity contribution in [3.8, 4) is 0 Å². The van der Waals surface area contributed by atoms with E-state index in [1.807, 2.05) is 5.32 Å². The highest BCUT2D eigenvalue weighted by atomic mass is 32.2. The van der Waals surface area contributed by atoms with E-state index in [0.717, 1.165) is 0 Å². The highest BCUT2D eigenvalue weighted by molar-refractivity contribution is 8.01. The number of imide groups is 1. The number of carbonyl (C=O) groups is 5. The Hall–Kier alpha value is -3.91. The van der Waals surface area contributed by atoms with Crippen molar-refractivity contribution in [2.45, 2.75) is 47.0 Å². The van der Waals surface area contributed by atoms with E-state index in [2.05, 4.69) is 10.6 Å². The maximum atomic E-state index is 13.3. The zero-order chi connectivity index (χ0) is 28.5. The third-order valence-corrected chi connectivity index (χ3v) is 9.52. The molecule has 1 unspecified atom stereocenters. The molecular formula is C25H26N4O8S2. The molecule has 2 heterocycles. The minimum absolute atomic E-state index is 0.0839. The Kier molecular flexibility index (Phi) is 7.70. The number of thioether (sulfide) groups is 1. The van der Waals surface area contributed by atoms with E-state index in [-0.39, 0.29) is 4.90 Å². The van der Waals surface area contributed by atoms with Gasteiger partial charge >= 0.3 is 12.0 Å². The Balaban J connectivity index is 1.44. The molecule has 0 aromatic heterocycles. The summed E-state index contributed by atoms with van der Waals surface area (Å²) in [6, 6.07) is 10.8. The molecule has 0 radical (unpaired) electrons. The molecule has 0 bridgehead atoms. The van der Waals surface area contributed by atoms with Crippen LogP contribution in [0.3, 0.4) is 0 Å². The van der Waals surface area contributed by atoms with E-state index in [4.69, 9.17) is 0 Å². The van der Waals surface area contributed by atoms with E-state index >= 15 is 0 Å². The molecule has 2 aromatic carbocycles. The van der Waals surface area contributed by atoms with Crippen molar-refractivity contribution in [1.29, 1.82) is 0 Å². The predicted octanol–water partition coefficient (Wildman–Crippen LogP) is 0.659. The van der Waals surface area contributed by atoms with Gasteiger partial charge in [0.25, 0.3) is 0 Å². The Bertz CT molecular complexity index is 1420. The number of carboxylic acids is 1. The quantitative estimate of drug-likeness (QED) is 0.330. The average Bonchev–Trinajstić information content (AvgIpc) is 3.14. The number of amides is 5. The molecule has 0 spiro atoms. The van der Waals surface area contributed by atoms with Crippen LogP contribution in [0.2, 0.25) is 0 Å². The number of aliphatic carboxylic acids is 1. The van der Waals surface area contributed by atoms with E-state index in [1.54, 1.807) is 50.2 Å². The molecule has 0 saturated carbocycles. The van der Waals surface area contributed by atoms with E-state index in [1.165, 1.54) is 40.9 Å². The summed E-state index contributed by atoms with van der Waals surface area (Å²) in [4.78, 5) is 63.9. The Morgan fingerprint density at radius 3 is 2.21 bits per heavy atom. The summed E-state index contributed by atoms with van der Waals surface area (Å²) in [7, 11) is -4.01. The number of hydrogen-bond acceptors (Lipinski definition) is 8. The van der Waals surface area contributed by atoms with Gasteiger partial charge in [-0.1, -0.05) is 48.5 Å². The third-order valence-electron chi connectivity index (χ3n) is 6.32. The van der Waals surface area contributed by atoms with Gasteiger partial charge in [-0.15, -0.1) is 11.8 Å². The first-order valence-electron chi connectivity index (χ1n) is 11.8. The SMILES string of the molecule is CC1(C)S[C@@H]2[C@H](NC(=O)C(NC(=O)NC(=O)CS(=O)(=O)c3ccccc3)c3ccccc3)C(=O)N2[C@H]1C(=O)O. The van der Waals surface area contributed by atoms with Crippen molar-refractivity contribution in [1.82, 2.24) is 20.9 Å². The number of benzene rings is 2. The highest BCUT2D eigenvalue weighted by Gasteiger charge is 2.64. The smallest absolute Gasteiger partial charge is 0.327 e. The van der Waals surface area contributed by atoms with Gasteiger partial charge in [-0.05, 0) is 31.5 Å². The third kappa shape index (κ3) is 5.76. The van der Waals surface area contributed by atoms with Crippen LogP contribution in [0.25, 0.3) is 0 Å². The van der Waals surface area contributed by atoms with Gasteiger partial charge < -0.3 is 20.6 Å². The first kappa shape index (κ1) is 28.1. The van der Waals surface area contributed by atoms with Gasteiger partial charge in [-0.25, -0.2) is 18.0 Å². The summed E-state index contributed by atoms with van der Waals surface area (Å²) < 4.78 is 24.1. The first-order valence-corrected chi connectivity index (χ1v) is 14.3. The molecule has 2 fully saturated rings. The first-order chi connectivity index (χ1) is 18.3. The number of carboxylic acid groups (broad SMARTS) is 1. The summed E-state index contributed by atoms with van der Waals surface area (Å²) in [5.41, 5.74) is 0.334. The topological polar surface area (TPSA) is 179 Å². The summed E-state index contributed by atoms with van der Waals surface area (Å²) in [5, 5.41) is 15.8. The molecule has 4 atom stereocenters. The Morgan fingerprint density at radius 2 is 1.62 bits per heavy atom. The highest BCUT2D eigenvalue weighted by Crippen LogP contribution is 2.50. The fourth-order valence-corrected chi connectivity index (χ4v) is 7.32. The van der Waals surface area contributed by atoms with Crippen LogP contribution in [0.15, 0.2) is 65.6 Å². The molecule has 2 saturated heterocycles. The summed E-state index contributed by atoms with van der Waals surface area (Å²) in [6.07, 6.45) is 0. The molecule has 2 aliphatic heterocycles. The second-order valence-corrected chi connectivity index (χ2v) is 13.3. The number of hydrogen-bond donors (Lipinski definition) is 4. The minimum atomic E-state index is -4.01. The molecule has 2 aliphatic rings. The predicted molar refractivity (Wildman–Crippen MR) is 140 cm³/mol. The molecule has 4 N–H and O–H groups in total. The van der Waals surface area contributed by atoms with Crippen LogP contribution >= 0.6 is 11.8 Å². The van der Waals surface area contributed by atoms with Crippen LogP contribution in [0.1, 0.15) is 25.5 Å². The molecule has 39 heavy (non-hydrogen) atoms. The van der Waals surface area contributed by atoms with Crippen molar-refractivity contribution < 1.29 is 37.5 Å². The molecule has 14 heteroatoms. The summed E-state index contributed by atoms with van der Waals surface area (Å²) >= 11 is 1.25. The second-order valence-electron chi connectivity index (χ2n) is 9.52. The maximum absolute atomic E-state index is 13.3. The zero-order valence-electron chi connectivity index (χ0n) is 20.9. The van der Waals surface area contributed by atoms with Gasteiger partial charge in [0.2, 0.25) is 17.7 Å². The fraction of sp³-hybridized carbons (Fsp3) is 0.320. The number of nitrogens with zero attached hydrogens (tertiary/aromatic N) is 1. The molecule has 5 amide bonds. The van der Waals surface area contributed by atoms with Crippen LogP contribution < -0.4 is 16.0 Å². The second kappa shape index (κ2) is 10.7. The van der Waals surface area contributed by atoms with Gasteiger partial charge in [0.05, 0.1) is 4.90 Å². The van der Waals surface area contributed by atoms with Crippen molar-refractivity contribution >= 4 is 51.3 Å². The van der Waals surface area contributed by atoms with Crippen LogP contribution in [-0.2, 0) is 29.0 Å². The average molecular weight is 575 g/mol. The largest absolute Gasteiger partial charge is 0.480 e. The number of carbonyl (C=O) groups excluding carboxylic acids is 4. The van der Waals surface area contributed by atoms with Crippen LogP contribution in [0, 0.1) is 0 Å². The van der Waals surface area contributed by atoms with Crippen molar-refractivity contribution in [3.05, 3.63) is 66.2 Å². The van der Waals surface area contributed by atoms with E-state index < -0.39 is 73.6 Å². The number of urea groups is 1. The normalized spacial score (nSPS) is 22.2. The van der Waals surface area contributed by atoms with E-state index in [0.29, 0.717) is 5.56 Å². The number of rotatable bonds is 8. The lowest BCUT2D eigenvalue weighted by atomic mass is 9.95. The number of nitrogens with one attached hydrogen (secondary N) is 3. The monoisotopic (exact) mass is 574 g/mol. The molecule has 12 nitrogen and oxygen atoms in total. The summed E-state index contributed by atoms with van der Waals surface area (Å²) in [5.74, 6) is -4.56. The van der Waals surface area contributed by atoms with Gasteiger partial charge in [-0.3, -0.25) is 19.7 Å². The van der Waals surface area contributed by atoms with Crippen molar-refractivity contribution in [2.24, 2.45) is 0 Å². The maximum Gasteiger partial charge on any atom is 0.327 e. The Labute approximate surface area is 228 Å². The van der Waals surface area contributed by atoms with Crippen LogP contribution in [0.4, 0.5) is 4.79 Å². The lowest BCUT2D eigenvalue weighted by molar-refractivity contribution is -0.161. The van der Waals surface area contributed by atoms with Gasteiger partial charge in [0.15, 0.2) is 9.84 Å². The standard InChI is InChI=1S/C25H26N4O8S2/c1-25(2)19(23(33)34)29-21(32)18(22(29)38-25)27-20(31)17(14-9-5-3-6-10-14)28-24(35)26-16(30)13-39(36,37)15-11-7-4-8-12-15/h3-12,17-19,22H,13H2,1-2H3,(H,27,31)(H,33,34)(H2,26,28,30,35)/t17?,18-,19+,22-/m1/s1. The molecular weight excluding hydrogens is 548 g/mol. The number of fused-ring (bicyclic) bond motifs is 1. The minimum Gasteiger partial charge on any atom is -0.480 e. The van der Waals surface area contributed by atoms with Crippen LogP contribution in [0.5, 0.6) is 0 Å². The summed E-state index contributed by atoms with van der Waals surface area (Å²) in [6.45, 7) is 3.41. The van der Waals surface area contributed by atoms with Crippen molar-refractivity contribution in [3.63, 3.8) is 0 Å². The Morgan fingerprint density at radius 1 is 1.03 bits per heavy atom. The van der Waals surface area contributed by atoms with Crippen molar-refractivity contribution in [2.75, 3.05) is 5.75 Å². The van der Waals surface area contributed by atoms with Gasteiger partial charge in [0.1, 0.15) is 29.3 Å². The zero-order valence-corrected chi connectivity index (χ0v) is 22.5. The molecule has 4 rings (SSSR count). The van der Waals surface area contributed by atoms with E-state index in [9.17, 15) is 37.5 Å². The molecule has 2 aromatic rings.